The van der Waals surface area contributed by atoms with Gasteiger partial charge in [0.1, 0.15) is 0 Å². The summed E-state index contributed by atoms with van der Waals surface area (Å²) in [5.41, 5.74) is 2.58. The lowest BCUT2D eigenvalue weighted by molar-refractivity contribution is 0.0712. The zero-order chi connectivity index (χ0) is 13.9. The fourth-order valence-corrected chi connectivity index (χ4v) is 2.59. The van der Waals surface area contributed by atoms with Gasteiger partial charge >= 0.3 is 0 Å². The third kappa shape index (κ3) is 3.85. The van der Waals surface area contributed by atoms with E-state index in [2.05, 4.69) is 58.7 Å². The lowest BCUT2D eigenvalue weighted by Crippen LogP contribution is -2.59. The molecule has 0 amide bonds. The van der Waals surface area contributed by atoms with E-state index in [1.807, 2.05) is 5.01 Å². The number of hydrazine groups is 1. The second-order valence-corrected chi connectivity index (χ2v) is 6.45. The predicted molar refractivity (Wildman–Crippen MR) is 78.9 cm³/mol. The molecular formula is C15H29N3. The Labute approximate surface area is 112 Å². The summed E-state index contributed by atoms with van der Waals surface area (Å²) < 4.78 is 0. The molecule has 0 aromatic carbocycles. The quantitative estimate of drug-likeness (QED) is 0.783. The minimum atomic E-state index is -0.00445. The summed E-state index contributed by atoms with van der Waals surface area (Å²) in [5.74, 6) is 6.94. The Morgan fingerprint density at radius 1 is 1.44 bits per heavy atom. The van der Waals surface area contributed by atoms with Gasteiger partial charge in [-0.2, -0.15) is 0 Å². The molecule has 1 saturated heterocycles. The molecule has 0 radical (unpaired) electrons. The minimum Gasteiger partial charge on any atom is -0.307 e. The van der Waals surface area contributed by atoms with E-state index in [4.69, 9.17) is 5.84 Å². The molecule has 18 heavy (non-hydrogen) atoms. The highest BCUT2D eigenvalue weighted by molar-refractivity contribution is 5.25. The molecule has 1 aliphatic heterocycles. The van der Waals surface area contributed by atoms with Crippen LogP contribution in [-0.2, 0) is 0 Å². The Kier molecular flexibility index (Phi) is 5.00. The van der Waals surface area contributed by atoms with Crippen molar-refractivity contribution in [2.24, 2.45) is 11.8 Å². The van der Waals surface area contributed by atoms with Gasteiger partial charge in [-0.05, 0) is 46.2 Å². The van der Waals surface area contributed by atoms with Crippen LogP contribution in [0.25, 0.3) is 0 Å². The molecular weight excluding hydrogens is 222 g/mol. The number of piperazine rings is 1. The summed E-state index contributed by atoms with van der Waals surface area (Å²) in [4.78, 5) is 2.33. The van der Waals surface area contributed by atoms with Crippen molar-refractivity contribution in [3.63, 3.8) is 0 Å². The summed E-state index contributed by atoms with van der Waals surface area (Å²) in [6.07, 6.45) is 5.57. The van der Waals surface area contributed by atoms with Crippen molar-refractivity contribution in [3.8, 4) is 0 Å². The van der Waals surface area contributed by atoms with Crippen LogP contribution in [0.1, 0.15) is 41.0 Å². The summed E-state index contributed by atoms with van der Waals surface area (Å²) >= 11 is 0. The van der Waals surface area contributed by atoms with Gasteiger partial charge in [0.15, 0.2) is 0 Å². The van der Waals surface area contributed by atoms with E-state index in [1.54, 1.807) is 0 Å². The third-order valence-electron chi connectivity index (χ3n) is 3.42. The van der Waals surface area contributed by atoms with Gasteiger partial charge in [-0.15, -0.1) is 0 Å². The van der Waals surface area contributed by atoms with Crippen LogP contribution in [0.4, 0.5) is 0 Å². The number of hydrogen-bond acceptors (Lipinski definition) is 3. The highest BCUT2D eigenvalue weighted by Crippen LogP contribution is 2.25. The Morgan fingerprint density at radius 2 is 2.06 bits per heavy atom. The van der Waals surface area contributed by atoms with Gasteiger partial charge in [0, 0.05) is 18.8 Å². The second kappa shape index (κ2) is 5.89. The van der Waals surface area contributed by atoms with Gasteiger partial charge < -0.3 is 5.01 Å². The molecule has 1 aliphatic rings. The average Bonchev–Trinajstić information content (AvgIpc) is 2.22. The van der Waals surface area contributed by atoms with Crippen LogP contribution in [0.5, 0.6) is 0 Å². The molecule has 0 aromatic heterocycles. The largest absolute Gasteiger partial charge is 0.307 e. The summed E-state index contributed by atoms with van der Waals surface area (Å²) in [6.45, 7) is 12.9. The molecule has 0 bridgehead atoms. The standard InChI is InChI=1S/C15H29N3/c1-7-13(8-12(2)3)9-14-10-17(6)11-15(4,5)18(14)16/h7,9,12H,8,10-11,16H2,1-6H3/b13-7-,14-9-. The van der Waals surface area contributed by atoms with Crippen LogP contribution in [0.2, 0.25) is 0 Å². The molecule has 0 spiro atoms. The van der Waals surface area contributed by atoms with Crippen LogP contribution in [0.15, 0.2) is 23.4 Å². The SMILES string of the molecule is C/C=C(\C=C1\CN(C)CC(C)(C)N1N)CC(C)C. The number of rotatable bonds is 3. The number of nitrogens with two attached hydrogens (primary N) is 1. The third-order valence-corrected chi connectivity index (χ3v) is 3.42. The number of hydrogen-bond donors (Lipinski definition) is 1. The molecule has 0 unspecified atom stereocenters. The van der Waals surface area contributed by atoms with Crippen LogP contribution in [0.3, 0.4) is 0 Å². The van der Waals surface area contributed by atoms with Crippen molar-refractivity contribution in [2.45, 2.75) is 46.6 Å². The van der Waals surface area contributed by atoms with Gasteiger partial charge in [-0.3, -0.25) is 4.90 Å². The van der Waals surface area contributed by atoms with Crippen LogP contribution in [-0.4, -0.2) is 35.6 Å². The summed E-state index contributed by atoms with van der Waals surface area (Å²) in [7, 11) is 2.15. The Bertz CT molecular complexity index is 340. The van der Waals surface area contributed by atoms with E-state index in [0.717, 1.165) is 19.5 Å². The van der Waals surface area contributed by atoms with Crippen LogP contribution < -0.4 is 5.84 Å². The maximum absolute atomic E-state index is 6.26. The highest BCUT2D eigenvalue weighted by Gasteiger charge is 2.32. The first-order valence-corrected chi connectivity index (χ1v) is 6.85. The Balaban J connectivity index is 2.92. The minimum absolute atomic E-state index is 0.00445. The average molecular weight is 251 g/mol. The maximum Gasteiger partial charge on any atom is 0.0628 e. The zero-order valence-electron chi connectivity index (χ0n) is 12.8. The van der Waals surface area contributed by atoms with Crippen molar-refractivity contribution in [3.05, 3.63) is 23.4 Å². The second-order valence-electron chi connectivity index (χ2n) is 6.45. The van der Waals surface area contributed by atoms with Crippen LogP contribution in [0, 0.1) is 5.92 Å². The van der Waals surface area contributed by atoms with E-state index >= 15 is 0 Å². The van der Waals surface area contributed by atoms with Crippen molar-refractivity contribution >= 4 is 0 Å². The first kappa shape index (κ1) is 15.3. The Hall–Kier alpha value is -0.800. The van der Waals surface area contributed by atoms with Gasteiger partial charge in [-0.1, -0.05) is 25.5 Å². The van der Waals surface area contributed by atoms with Crippen molar-refractivity contribution < 1.29 is 0 Å². The van der Waals surface area contributed by atoms with E-state index in [-0.39, 0.29) is 5.54 Å². The number of allylic oxidation sites excluding steroid dienone is 3. The van der Waals surface area contributed by atoms with E-state index < -0.39 is 0 Å². The van der Waals surface area contributed by atoms with Gasteiger partial charge in [0.05, 0.1) is 5.54 Å². The zero-order valence-corrected chi connectivity index (χ0v) is 12.8. The molecule has 1 rings (SSSR count). The van der Waals surface area contributed by atoms with Gasteiger partial charge in [-0.25, -0.2) is 5.84 Å². The van der Waals surface area contributed by atoms with E-state index in [0.29, 0.717) is 5.92 Å². The van der Waals surface area contributed by atoms with E-state index in [9.17, 15) is 0 Å². The lowest BCUT2D eigenvalue weighted by Gasteiger charge is -2.46. The van der Waals surface area contributed by atoms with Crippen molar-refractivity contribution in [1.29, 1.82) is 0 Å². The van der Waals surface area contributed by atoms with E-state index in [1.165, 1.54) is 11.3 Å². The predicted octanol–water partition coefficient (Wildman–Crippen LogP) is 2.76. The van der Waals surface area contributed by atoms with Crippen LogP contribution >= 0.6 is 0 Å². The summed E-state index contributed by atoms with van der Waals surface area (Å²) in [5, 5.41) is 1.94. The molecule has 3 heteroatoms. The molecule has 104 valence electrons. The fraction of sp³-hybridized carbons (Fsp3) is 0.733. The lowest BCUT2D eigenvalue weighted by atomic mass is 9.97. The number of nitrogens with zero attached hydrogens (tertiary/aromatic N) is 2. The molecule has 0 saturated carbocycles. The molecule has 1 heterocycles. The highest BCUT2D eigenvalue weighted by atomic mass is 15.5. The summed E-state index contributed by atoms with van der Waals surface area (Å²) in [6, 6.07) is 0. The first-order valence-electron chi connectivity index (χ1n) is 6.85. The normalized spacial score (nSPS) is 24.1. The molecule has 1 fully saturated rings. The van der Waals surface area contributed by atoms with Crippen molar-refractivity contribution in [1.82, 2.24) is 9.91 Å². The smallest absolute Gasteiger partial charge is 0.0628 e. The first-order chi connectivity index (χ1) is 8.26. The topological polar surface area (TPSA) is 32.5 Å². The molecule has 0 aliphatic carbocycles. The fourth-order valence-electron chi connectivity index (χ4n) is 2.59. The van der Waals surface area contributed by atoms with Crippen molar-refractivity contribution in [2.75, 3.05) is 20.1 Å². The maximum atomic E-state index is 6.26. The monoisotopic (exact) mass is 251 g/mol. The molecule has 3 nitrogen and oxygen atoms in total. The molecule has 2 N–H and O–H groups in total. The number of likely N-dealkylation sites (N-methyl/N-ethyl adjacent to an activating group) is 1. The Morgan fingerprint density at radius 3 is 2.56 bits per heavy atom. The van der Waals surface area contributed by atoms with Gasteiger partial charge in [0.25, 0.3) is 0 Å². The molecule has 0 atom stereocenters. The van der Waals surface area contributed by atoms with Gasteiger partial charge in [0.2, 0.25) is 0 Å². The molecule has 0 aromatic rings.